The van der Waals surface area contributed by atoms with Crippen LogP contribution in [0, 0.1) is 11.9 Å². The zero-order valence-corrected chi connectivity index (χ0v) is 9.88. The van der Waals surface area contributed by atoms with E-state index < -0.39 is 11.9 Å². The normalized spacial score (nSPS) is 15.1. The number of aromatic nitrogens is 1. The van der Waals surface area contributed by atoms with Gasteiger partial charge >= 0.3 is 0 Å². The van der Waals surface area contributed by atoms with Crippen molar-refractivity contribution in [3.8, 4) is 0 Å². The molecule has 0 aliphatic heterocycles. The van der Waals surface area contributed by atoms with Crippen molar-refractivity contribution in [2.24, 2.45) is 0 Å². The molecule has 0 aromatic carbocycles. The number of rotatable bonds is 3. The molecule has 0 fully saturated rings. The molecule has 1 heterocycles. The fourth-order valence-corrected chi connectivity index (χ4v) is 1.97. The van der Waals surface area contributed by atoms with Gasteiger partial charge in [-0.15, -0.1) is 0 Å². The molecule has 0 saturated carbocycles. The van der Waals surface area contributed by atoms with Crippen LogP contribution in [0.2, 0.25) is 0 Å². The molecule has 1 aliphatic rings. The quantitative estimate of drug-likeness (QED) is 0.663. The Labute approximate surface area is 104 Å². The molecule has 3 nitrogen and oxygen atoms in total. The SMILES string of the molecule is O=C(CC1=CCCCC1)Nc1ccc(F)nc1F. The van der Waals surface area contributed by atoms with Crippen LogP contribution in [0.3, 0.4) is 0 Å². The third kappa shape index (κ3) is 3.35. The van der Waals surface area contributed by atoms with Crippen LogP contribution in [-0.2, 0) is 4.79 Å². The molecule has 0 atom stereocenters. The molecular formula is C13H14F2N2O. The first kappa shape index (κ1) is 12.7. The van der Waals surface area contributed by atoms with Crippen LogP contribution in [0.5, 0.6) is 0 Å². The number of carbonyl (C=O) groups is 1. The lowest BCUT2D eigenvalue weighted by atomic mass is 9.97. The van der Waals surface area contributed by atoms with Gasteiger partial charge < -0.3 is 5.32 Å². The minimum absolute atomic E-state index is 0.0854. The van der Waals surface area contributed by atoms with Crippen LogP contribution in [0.4, 0.5) is 14.5 Å². The van der Waals surface area contributed by atoms with E-state index in [9.17, 15) is 13.6 Å². The van der Waals surface area contributed by atoms with Gasteiger partial charge in [-0.1, -0.05) is 11.6 Å². The molecule has 0 radical (unpaired) electrons. The van der Waals surface area contributed by atoms with Crippen LogP contribution in [0.15, 0.2) is 23.8 Å². The summed E-state index contributed by atoms with van der Waals surface area (Å²) in [5, 5.41) is 2.40. The van der Waals surface area contributed by atoms with Crippen LogP contribution < -0.4 is 5.32 Å². The number of carbonyl (C=O) groups excluding carboxylic acids is 1. The molecular weight excluding hydrogens is 238 g/mol. The number of hydrogen-bond donors (Lipinski definition) is 1. The molecule has 18 heavy (non-hydrogen) atoms. The second-order valence-electron chi connectivity index (χ2n) is 4.31. The van der Waals surface area contributed by atoms with E-state index >= 15 is 0 Å². The van der Waals surface area contributed by atoms with Crippen molar-refractivity contribution in [3.63, 3.8) is 0 Å². The summed E-state index contributed by atoms with van der Waals surface area (Å²) in [5.74, 6) is -2.20. The Morgan fingerprint density at radius 2 is 2.17 bits per heavy atom. The molecule has 0 saturated heterocycles. The molecule has 1 aromatic heterocycles. The highest BCUT2D eigenvalue weighted by molar-refractivity contribution is 5.92. The molecule has 0 spiro atoms. The highest BCUT2D eigenvalue weighted by Gasteiger charge is 2.12. The third-order valence-electron chi connectivity index (χ3n) is 2.86. The fourth-order valence-electron chi connectivity index (χ4n) is 1.97. The molecule has 5 heteroatoms. The van der Waals surface area contributed by atoms with Gasteiger partial charge in [0.1, 0.15) is 0 Å². The molecule has 1 N–H and O–H groups in total. The van der Waals surface area contributed by atoms with E-state index in [4.69, 9.17) is 0 Å². The van der Waals surface area contributed by atoms with Crippen LogP contribution in [0.1, 0.15) is 32.1 Å². The summed E-state index contributed by atoms with van der Waals surface area (Å²) in [6.07, 6.45) is 6.47. The number of amides is 1. The van der Waals surface area contributed by atoms with Crippen molar-refractivity contribution in [2.45, 2.75) is 32.1 Å². The molecule has 0 unspecified atom stereocenters. The lowest BCUT2D eigenvalue weighted by molar-refractivity contribution is -0.115. The molecule has 1 aromatic rings. The Morgan fingerprint density at radius 3 is 2.83 bits per heavy atom. The summed E-state index contributed by atoms with van der Waals surface area (Å²) in [7, 11) is 0. The minimum atomic E-state index is -0.999. The maximum absolute atomic E-state index is 13.2. The highest BCUT2D eigenvalue weighted by atomic mass is 19.1. The van der Waals surface area contributed by atoms with Crippen molar-refractivity contribution >= 4 is 11.6 Å². The Morgan fingerprint density at radius 1 is 1.33 bits per heavy atom. The number of pyridine rings is 1. The number of anilines is 1. The fraction of sp³-hybridized carbons (Fsp3) is 0.385. The third-order valence-corrected chi connectivity index (χ3v) is 2.86. The highest BCUT2D eigenvalue weighted by Crippen LogP contribution is 2.21. The first-order valence-corrected chi connectivity index (χ1v) is 5.95. The smallest absolute Gasteiger partial charge is 0.239 e. The van der Waals surface area contributed by atoms with Crippen molar-refractivity contribution in [1.29, 1.82) is 0 Å². The molecule has 0 bridgehead atoms. The van der Waals surface area contributed by atoms with Gasteiger partial charge in [-0.3, -0.25) is 4.79 Å². The number of nitrogens with zero attached hydrogens (tertiary/aromatic N) is 1. The topological polar surface area (TPSA) is 42.0 Å². The predicted octanol–water partition coefficient (Wildman–Crippen LogP) is 3.19. The van der Waals surface area contributed by atoms with Crippen LogP contribution in [-0.4, -0.2) is 10.9 Å². The molecule has 96 valence electrons. The van der Waals surface area contributed by atoms with Crippen molar-refractivity contribution in [1.82, 2.24) is 4.98 Å². The standard InChI is InChI=1S/C13H14F2N2O/c14-11-7-6-10(13(15)17-11)16-12(18)8-9-4-2-1-3-5-9/h4,6-7H,1-3,5,8H2,(H,16,18). The monoisotopic (exact) mass is 252 g/mol. The summed E-state index contributed by atoms with van der Waals surface area (Å²) in [6, 6.07) is 2.18. The van der Waals surface area contributed by atoms with Crippen molar-refractivity contribution < 1.29 is 13.6 Å². The zero-order chi connectivity index (χ0) is 13.0. The Kier molecular flexibility index (Phi) is 4.02. The van der Waals surface area contributed by atoms with Gasteiger partial charge in [0.05, 0.1) is 5.69 Å². The number of allylic oxidation sites excluding steroid dienone is 1. The Balaban J connectivity index is 1.96. The van der Waals surface area contributed by atoms with Gasteiger partial charge in [0, 0.05) is 6.42 Å². The maximum Gasteiger partial charge on any atom is 0.239 e. The maximum atomic E-state index is 13.2. The van der Waals surface area contributed by atoms with E-state index in [1.807, 2.05) is 0 Å². The first-order valence-electron chi connectivity index (χ1n) is 5.95. The molecule has 1 aliphatic carbocycles. The Bertz CT molecular complexity index is 486. The minimum Gasteiger partial charge on any atom is -0.322 e. The van der Waals surface area contributed by atoms with Crippen LogP contribution >= 0.6 is 0 Å². The van der Waals surface area contributed by atoms with E-state index in [1.54, 1.807) is 0 Å². The van der Waals surface area contributed by atoms with Gasteiger partial charge in [0.25, 0.3) is 0 Å². The van der Waals surface area contributed by atoms with Crippen molar-refractivity contribution in [3.05, 3.63) is 35.7 Å². The zero-order valence-electron chi connectivity index (χ0n) is 9.88. The summed E-state index contributed by atoms with van der Waals surface area (Å²) in [4.78, 5) is 14.7. The van der Waals surface area contributed by atoms with E-state index in [1.165, 1.54) is 6.07 Å². The second-order valence-corrected chi connectivity index (χ2v) is 4.31. The van der Waals surface area contributed by atoms with Gasteiger partial charge in [-0.2, -0.15) is 13.8 Å². The van der Waals surface area contributed by atoms with Gasteiger partial charge in [0.15, 0.2) is 0 Å². The number of hydrogen-bond acceptors (Lipinski definition) is 2. The van der Waals surface area contributed by atoms with Crippen molar-refractivity contribution in [2.75, 3.05) is 5.32 Å². The molecule has 1 amide bonds. The average Bonchev–Trinajstić information content (AvgIpc) is 2.34. The van der Waals surface area contributed by atoms with Gasteiger partial charge in [-0.25, -0.2) is 0 Å². The summed E-state index contributed by atoms with van der Waals surface area (Å²) >= 11 is 0. The lowest BCUT2D eigenvalue weighted by Crippen LogP contribution is -2.14. The number of nitrogens with one attached hydrogen (secondary N) is 1. The van der Waals surface area contributed by atoms with E-state index in [2.05, 4.69) is 16.4 Å². The molecule has 2 rings (SSSR count). The Hall–Kier alpha value is -1.78. The summed E-state index contributed by atoms with van der Waals surface area (Å²) in [6.45, 7) is 0. The van der Waals surface area contributed by atoms with E-state index in [-0.39, 0.29) is 18.0 Å². The second kappa shape index (κ2) is 5.71. The summed E-state index contributed by atoms with van der Waals surface area (Å²) in [5.41, 5.74) is 0.993. The average molecular weight is 252 g/mol. The van der Waals surface area contributed by atoms with E-state index in [0.29, 0.717) is 0 Å². The summed E-state index contributed by atoms with van der Waals surface area (Å²) < 4.78 is 25.8. The first-order chi connectivity index (χ1) is 8.65. The van der Waals surface area contributed by atoms with Gasteiger partial charge in [0.2, 0.25) is 17.8 Å². The predicted molar refractivity (Wildman–Crippen MR) is 64.0 cm³/mol. The van der Waals surface area contributed by atoms with Gasteiger partial charge in [-0.05, 0) is 37.8 Å². The largest absolute Gasteiger partial charge is 0.322 e. The lowest BCUT2D eigenvalue weighted by Gasteiger charge is -2.12. The van der Waals surface area contributed by atoms with Crippen LogP contribution in [0.25, 0.3) is 0 Å². The number of halogens is 2. The van der Waals surface area contributed by atoms with E-state index in [0.717, 1.165) is 37.3 Å².